The van der Waals surface area contributed by atoms with E-state index in [1.807, 2.05) is 12.3 Å². The van der Waals surface area contributed by atoms with E-state index in [1.165, 1.54) is 9.80 Å². The monoisotopic (exact) mass is 297 g/mol. The Hall–Kier alpha value is -2.00. The summed E-state index contributed by atoms with van der Waals surface area (Å²) in [4.78, 5) is 42.0. The summed E-state index contributed by atoms with van der Waals surface area (Å²) in [6.45, 7) is 2.71. The summed E-state index contributed by atoms with van der Waals surface area (Å²) in [6.07, 6.45) is 0. The van der Waals surface area contributed by atoms with Crippen molar-refractivity contribution in [1.82, 2.24) is 20.2 Å². The van der Waals surface area contributed by atoms with Crippen molar-refractivity contribution in [3.8, 4) is 0 Å². The summed E-state index contributed by atoms with van der Waals surface area (Å²) < 4.78 is 0. The number of hydrogen-bond donors (Lipinski definition) is 2. The van der Waals surface area contributed by atoms with E-state index in [-0.39, 0.29) is 36.5 Å². The van der Waals surface area contributed by atoms with Crippen molar-refractivity contribution >= 4 is 29.1 Å². The fourth-order valence-corrected chi connectivity index (χ4v) is 2.59. The quantitative estimate of drug-likeness (QED) is 0.418. The molecule has 0 aromatic carbocycles. The second kappa shape index (κ2) is 5.97. The van der Waals surface area contributed by atoms with Gasteiger partial charge in [-0.1, -0.05) is 0 Å². The summed E-state index contributed by atoms with van der Waals surface area (Å²) >= 11 is 1.14. The number of piperazine rings is 1. The van der Waals surface area contributed by atoms with Crippen LogP contribution in [0.25, 0.3) is 0 Å². The molecular weight excluding hydrogens is 282 g/mol. The maximum Gasteiger partial charge on any atom is 0.294 e. The molecule has 108 valence electrons. The van der Waals surface area contributed by atoms with Crippen LogP contribution < -0.4 is 11.3 Å². The molecule has 0 bridgehead atoms. The lowest BCUT2D eigenvalue weighted by Crippen LogP contribution is -2.53. The number of amides is 3. The summed E-state index contributed by atoms with van der Waals surface area (Å²) in [6, 6.07) is 0. The highest BCUT2D eigenvalue weighted by Crippen LogP contribution is 2.14. The second-order valence-corrected chi connectivity index (χ2v) is 5.13. The largest absolute Gasteiger partial charge is 0.332 e. The molecule has 1 aliphatic rings. The van der Waals surface area contributed by atoms with Crippen molar-refractivity contribution in [2.45, 2.75) is 13.5 Å². The first kappa shape index (κ1) is 14.4. The van der Waals surface area contributed by atoms with Gasteiger partial charge in [-0.15, -0.1) is 11.3 Å². The van der Waals surface area contributed by atoms with Gasteiger partial charge in [0.25, 0.3) is 5.91 Å². The Morgan fingerprint density at radius 3 is 2.70 bits per heavy atom. The van der Waals surface area contributed by atoms with Crippen molar-refractivity contribution in [2.75, 3.05) is 19.6 Å². The lowest BCUT2D eigenvalue weighted by molar-refractivity contribution is -0.150. The van der Waals surface area contributed by atoms with Crippen LogP contribution in [0, 0.1) is 0 Å². The first-order valence-electron chi connectivity index (χ1n) is 6.06. The molecule has 20 heavy (non-hydrogen) atoms. The fraction of sp³-hybridized carbons (Fsp3) is 0.455. The molecule has 8 nitrogen and oxygen atoms in total. The topological polar surface area (TPSA) is 109 Å². The van der Waals surface area contributed by atoms with E-state index in [0.29, 0.717) is 12.2 Å². The van der Waals surface area contributed by atoms with Gasteiger partial charge in [0.05, 0.1) is 18.8 Å². The molecule has 0 saturated carbocycles. The van der Waals surface area contributed by atoms with Gasteiger partial charge in [0, 0.05) is 11.9 Å². The zero-order valence-corrected chi connectivity index (χ0v) is 11.8. The van der Waals surface area contributed by atoms with Gasteiger partial charge in [0.15, 0.2) is 5.01 Å². The fourth-order valence-electron chi connectivity index (χ4n) is 1.88. The molecule has 1 aliphatic heterocycles. The van der Waals surface area contributed by atoms with E-state index in [1.54, 1.807) is 5.38 Å². The molecule has 0 atom stereocenters. The number of rotatable bonds is 4. The molecule has 1 aromatic heterocycles. The van der Waals surface area contributed by atoms with Crippen molar-refractivity contribution in [3.63, 3.8) is 0 Å². The van der Waals surface area contributed by atoms with Crippen molar-refractivity contribution in [2.24, 2.45) is 5.84 Å². The normalized spacial score (nSPS) is 15.7. The van der Waals surface area contributed by atoms with Crippen LogP contribution >= 0.6 is 11.3 Å². The molecule has 0 aliphatic carbocycles. The Kier molecular flexibility index (Phi) is 4.30. The van der Waals surface area contributed by atoms with Gasteiger partial charge in [0.1, 0.15) is 6.54 Å². The van der Waals surface area contributed by atoms with E-state index < -0.39 is 5.91 Å². The predicted octanol–water partition coefficient (Wildman–Crippen LogP) is -1.06. The third-order valence-electron chi connectivity index (χ3n) is 2.97. The van der Waals surface area contributed by atoms with Crippen LogP contribution in [0.3, 0.4) is 0 Å². The van der Waals surface area contributed by atoms with Gasteiger partial charge >= 0.3 is 0 Å². The predicted molar refractivity (Wildman–Crippen MR) is 71.4 cm³/mol. The zero-order valence-electron chi connectivity index (χ0n) is 11.0. The molecule has 3 amide bonds. The Balaban J connectivity index is 2.03. The maximum absolute atomic E-state index is 11.9. The standard InChI is InChI=1S/C11H15N5O3S/c1-2-15-4-9(18)16(5-8(15)17)3-7-6-20-11(13-7)10(19)14-12/h6H,2-5,12H2,1H3,(H,14,19). The Labute approximate surface area is 119 Å². The van der Waals surface area contributed by atoms with Gasteiger partial charge in [-0.3, -0.25) is 19.8 Å². The molecule has 0 radical (unpaired) electrons. The van der Waals surface area contributed by atoms with Gasteiger partial charge in [-0.2, -0.15) is 0 Å². The number of nitrogens with one attached hydrogen (secondary N) is 1. The average molecular weight is 297 g/mol. The van der Waals surface area contributed by atoms with Gasteiger partial charge in [-0.25, -0.2) is 10.8 Å². The van der Waals surface area contributed by atoms with Crippen molar-refractivity contribution in [3.05, 3.63) is 16.1 Å². The highest BCUT2D eigenvalue weighted by atomic mass is 32.1. The maximum atomic E-state index is 11.9. The van der Waals surface area contributed by atoms with E-state index in [9.17, 15) is 14.4 Å². The molecule has 1 saturated heterocycles. The first-order valence-corrected chi connectivity index (χ1v) is 6.94. The van der Waals surface area contributed by atoms with E-state index in [0.717, 1.165) is 11.3 Å². The van der Waals surface area contributed by atoms with E-state index in [4.69, 9.17) is 5.84 Å². The molecule has 0 unspecified atom stereocenters. The average Bonchev–Trinajstić information content (AvgIpc) is 2.90. The second-order valence-electron chi connectivity index (χ2n) is 4.28. The third-order valence-corrected chi connectivity index (χ3v) is 3.86. The minimum absolute atomic E-state index is 0.0443. The Morgan fingerprint density at radius 2 is 2.05 bits per heavy atom. The van der Waals surface area contributed by atoms with Gasteiger partial charge in [-0.05, 0) is 6.92 Å². The molecular formula is C11H15N5O3S. The summed E-state index contributed by atoms with van der Waals surface area (Å²) in [5.41, 5.74) is 2.56. The molecule has 2 heterocycles. The van der Waals surface area contributed by atoms with Crippen LogP contribution in [0.5, 0.6) is 0 Å². The van der Waals surface area contributed by atoms with Crippen LogP contribution in [0.4, 0.5) is 0 Å². The molecule has 9 heteroatoms. The minimum Gasteiger partial charge on any atom is -0.332 e. The smallest absolute Gasteiger partial charge is 0.294 e. The van der Waals surface area contributed by atoms with Gasteiger partial charge in [0.2, 0.25) is 11.8 Å². The highest BCUT2D eigenvalue weighted by Gasteiger charge is 2.29. The lowest BCUT2D eigenvalue weighted by atomic mass is 10.2. The van der Waals surface area contributed by atoms with Crippen LogP contribution in [-0.2, 0) is 16.1 Å². The Morgan fingerprint density at radius 1 is 1.40 bits per heavy atom. The number of thiazole rings is 1. The molecule has 0 spiro atoms. The molecule has 1 fully saturated rings. The van der Waals surface area contributed by atoms with Crippen molar-refractivity contribution in [1.29, 1.82) is 0 Å². The van der Waals surface area contributed by atoms with E-state index in [2.05, 4.69) is 4.98 Å². The van der Waals surface area contributed by atoms with Crippen LogP contribution in [0.2, 0.25) is 0 Å². The number of nitrogen functional groups attached to an aromatic ring is 1. The van der Waals surface area contributed by atoms with Crippen LogP contribution in [0.15, 0.2) is 5.38 Å². The SMILES string of the molecule is CCN1CC(=O)N(Cc2csc(C(=O)NN)n2)CC1=O. The number of carbonyl (C=O) groups is 3. The number of carbonyl (C=O) groups excluding carboxylic acids is 3. The van der Waals surface area contributed by atoms with Gasteiger partial charge < -0.3 is 9.80 Å². The van der Waals surface area contributed by atoms with Crippen LogP contribution in [-0.4, -0.2) is 52.1 Å². The summed E-state index contributed by atoms with van der Waals surface area (Å²) in [7, 11) is 0. The lowest BCUT2D eigenvalue weighted by Gasteiger charge is -2.32. The molecule has 3 N–H and O–H groups in total. The summed E-state index contributed by atoms with van der Waals surface area (Å²) in [5, 5.41) is 1.91. The number of likely N-dealkylation sites (N-methyl/N-ethyl adjacent to an activating group) is 1. The summed E-state index contributed by atoms with van der Waals surface area (Å²) in [5.74, 6) is 4.35. The number of hydrazine groups is 1. The number of nitrogens with two attached hydrogens (primary N) is 1. The van der Waals surface area contributed by atoms with Crippen LogP contribution in [0.1, 0.15) is 22.4 Å². The van der Waals surface area contributed by atoms with Crippen molar-refractivity contribution < 1.29 is 14.4 Å². The zero-order chi connectivity index (χ0) is 14.7. The first-order chi connectivity index (χ1) is 9.55. The Bertz CT molecular complexity index is 544. The third kappa shape index (κ3) is 2.94. The molecule has 2 rings (SSSR count). The van der Waals surface area contributed by atoms with E-state index >= 15 is 0 Å². The number of aromatic nitrogens is 1. The number of hydrogen-bond acceptors (Lipinski definition) is 6. The minimum atomic E-state index is -0.473. The number of nitrogens with zero attached hydrogens (tertiary/aromatic N) is 3. The molecule has 1 aromatic rings. The highest BCUT2D eigenvalue weighted by molar-refractivity contribution is 7.11.